The average Bonchev–Trinajstić information content (AvgIpc) is 3.20. The van der Waals surface area contributed by atoms with Crippen LogP contribution in [0.3, 0.4) is 0 Å². The zero-order valence-electron chi connectivity index (χ0n) is 15.7. The summed E-state index contributed by atoms with van der Waals surface area (Å²) in [6.07, 6.45) is 3.02. The molecule has 146 valence electrons. The Kier molecular flexibility index (Phi) is 4.66. The minimum absolute atomic E-state index is 0.0616. The van der Waals surface area contributed by atoms with Gasteiger partial charge in [-0.1, -0.05) is 18.2 Å². The number of benzene rings is 2. The average molecular weight is 398 g/mol. The van der Waals surface area contributed by atoms with E-state index in [1.807, 2.05) is 13.0 Å². The lowest BCUT2D eigenvalue weighted by Gasteiger charge is -2.04. The molecule has 0 spiro atoms. The minimum atomic E-state index is -0.484. The highest BCUT2D eigenvalue weighted by Crippen LogP contribution is 2.27. The number of nitriles is 1. The van der Waals surface area contributed by atoms with Gasteiger partial charge in [-0.15, -0.1) is 0 Å². The van der Waals surface area contributed by atoms with Crippen molar-refractivity contribution in [1.82, 2.24) is 20.2 Å². The van der Waals surface area contributed by atoms with Crippen molar-refractivity contribution in [2.24, 2.45) is 0 Å². The van der Waals surface area contributed by atoms with Crippen LogP contribution in [0.1, 0.15) is 17.0 Å². The number of nitro groups is 1. The molecule has 30 heavy (non-hydrogen) atoms. The Morgan fingerprint density at radius 2 is 2.10 bits per heavy atom. The lowest BCUT2D eigenvalue weighted by atomic mass is 10.1. The van der Waals surface area contributed by atoms with Crippen molar-refractivity contribution in [2.45, 2.75) is 6.92 Å². The number of aryl methyl sites for hydroxylation is 1. The molecule has 4 rings (SSSR count). The van der Waals surface area contributed by atoms with Crippen LogP contribution < -0.4 is 5.56 Å². The number of nitrogens with one attached hydrogen (secondary N) is 2. The highest BCUT2D eigenvalue weighted by atomic mass is 16.6. The molecule has 0 aliphatic rings. The summed E-state index contributed by atoms with van der Waals surface area (Å²) in [5.41, 5.74) is 2.72. The number of hydrogen-bond donors (Lipinski definition) is 2. The Labute approximate surface area is 169 Å². The van der Waals surface area contributed by atoms with Gasteiger partial charge in [0.05, 0.1) is 33.3 Å². The quantitative estimate of drug-likeness (QED) is 0.306. The molecule has 0 aliphatic carbocycles. The summed E-state index contributed by atoms with van der Waals surface area (Å²) < 4.78 is 0. The molecule has 2 aromatic carbocycles. The molecule has 0 aliphatic heterocycles. The van der Waals surface area contributed by atoms with E-state index in [1.165, 1.54) is 24.4 Å². The second-order valence-electron chi connectivity index (χ2n) is 6.61. The Balaban J connectivity index is 1.82. The van der Waals surface area contributed by atoms with Gasteiger partial charge in [-0.3, -0.25) is 20.0 Å². The maximum atomic E-state index is 12.4. The molecule has 9 heteroatoms. The molecule has 0 fully saturated rings. The summed E-state index contributed by atoms with van der Waals surface area (Å²) in [4.78, 5) is 30.0. The van der Waals surface area contributed by atoms with Crippen LogP contribution in [0, 0.1) is 28.4 Å². The van der Waals surface area contributed by atoms with Crippen LogP contribution >= 0.6 is 0 Å². The van der Waals surface area contributed by atoms with Gasteiger partial charge in [0.1, 0.15) is 6.07 Å². The molecule has 2 heterocycles. The first-order valence-corrected chi connectivity index (χ1v) is 8.87. The lowest BCUT2D eigenvalue weighted by molar-refractivity contribution is -0.384. The van der Waals surface area contributed by atoms with E-state index in [9.17, 15) is 20.2 Å². The first-order chi connectivity index (χ1) is 14.5. The fourth-order valence-electron chi connectivity index (χ4n) is 3.10. The van der Waals surface area contributed by atoms with Crippen LogP contribution in [-0.4, -0.2) is 25.1 Å². The van der Waals surface area contributed by atoms with Crippen molar-refractivity contribution in [3.05, 3.63) is 86.1 Å². The van der Waals surface area contributed by atoms with E-state index in [0.29, 0.717) is 27.7 Å². The third kappa shape index (κ3) is 3.45. The molecule has 2 N–H and O–H groups in total. The van der Waals surface area contributed by atoms with Gasteiger partial charge >= 0.3 is 0 Å². The maximum Gasteiger partial charge on any atom is 0.270 e. The van der Waals surface area contributed by atoms with Gasteiger partial charge in [-0.05, 0) is 30.7 Å². The van der Waals surface area contributed by atoms with Gasteiger partial charge < -0.3 is 4.98 Å². The number of nitrogens with zero attached hydrogens (tertiary/aromatic N) is 4. The number of hydrogen-bond acceptors (Lipinski definition) is 6. The van der Waals surface area contributed by atoms with Crippen LogP contribution in [0.4, 0.5) is 5.69 Å². The molecule has 0 radical (unpaired) electrons. The Bertz CT molecular complexity index is 1420. The molecule has 4 aromatic rings. The number of allylic oxidation sites excluding steroid dienone is 1. The number of non-ortho nitro benzene ring substituents is 1. The summed E-state index contributed by atoms with van der Waals surface area (Å²) >= 11 is 0. The summed E-state index contributed by atoms with van der Waals surface area (Å²) in [5, 5.41) is 28.0. The third-order valence-corrected chi connectivity index (χ3v) is 4.55. The number of fused-ring (bicyclic) bond motifs is 1. The van der Waals surface area contributed by atoms with E-state index in [4.69, 9.17) is 0 Å². The van der Waals surface area contributed by atoms with Crippen LogP contribution in [0.25, 0.3) is 33.8 Å². The number of aromatic amines is 2. The van der Waals surface area contributed by atoms with E-state index in [1.54, 1.807) is 24.3 Å². The molecule has 9 nitrogen and oxygen atoms in total. The highest BCUT2D eigenvalue weighted by Gasteiger charge is 2.14. The highest BCUT2D eigenvalue weighted by molar-refractivity contribution is 5.91. The van der Waals surface area contributed by atoms with Gasteiger partial charge in [-0.2, -0.15) is 10.4 Å². The Hall–Kier alpha value is -4.58. The molecule has 0 saturated carbocycles. The monoisotopic (exact) mass is 398 g/mol. The fourth-order valence-corrected chi connectivity index (χ4v) is 3.10. The SMILES string of the molecule is Cc1ccc2c(=O)[nH]c(/C(C#N)=C\c3cn[nH]c3-c3cccc([N+](=O)[O-])c3)nc2c1. The summed E-state index contributed by atoms with van der Waals surface area (Å²) in [7, 11) is 0. The first kappa shape index (κ1) is 18.8. The number of H-pyrrole nitrogens is 2. The molecule has 0 unspecified atom stereocenters. The van der Waals surface area contributed by atoms with Crippen LogP contribution in [0.5, 0.6) is 0 Å². The van der Waals surface area contributed by atoms with Gasteiger partial charge in [0, 0.05) is 23.3 Å². The summed E-state index contributed by atoms with van der Waals surface area (Å²) in [5.74, 6) is 0.131. The smallest absolute Gasteiger partial charge is 0.270 e. The van der Waals surface area contributed by atoms with Gasteiger partial charge in [0.2, 0.25) is 0 Å². The second-order valence-corrected chi connectivity index (χ2v) is 6.61. The van der Waals surface area contributed by atoms with Gasteiger partial charge in [-0.25, -0.2) is 4.98 Å². The van der Waals surface area contributed by atoms with Crippen molar-refractivity contribution in [3.8, 4) is 17.3 Å². The molecular formula is C21H14N6O3. The predicted octanol–water partition coefficient (Wildman–Crippen LogP) is 3.59. The maximum absolute atomic E-state index is 12.4. The third-order valence-electron chi connectivity index (χ3n) is 4.55. The minimum Gasteiger partial charge on any atom is -0.305 e. The molecule has 0 atom stereocenters. The van der Waals surface area contributed by atoms with E-state index >= 15 is 0 Å². The molecule has 0 saturated heterocycles. The molecule has 2 aromatic heterocycles. The summed E-state index contributed by atoms with van der Waals surface area (Å²) in [6.45, 7) is 1.89. The fraction of sp³-hybridized carbons (Fsp3) is 0.0476. The largest absolute Gasteiger partial charge is 0.305 e. The van der Waals surface area contributed by atoms with Crippen molar-refractivity contribution >= 4 is 28.2 Å². The van der Waals surface area contributed by atoms with Crippen molar-refractivity contribution in [3.63, 3.8) is 0 Å². The van der Waals surface area contributed by atoms with Crippen LogP contribution in [0.2, 0.25) is 0 Å². The van der Waals surface area contributed by atoms with E-state index in [-0.39, 0.29) is 22.6 Å². The molecular weight excluding hydrogens is 384 g/mol. The van der Waals surface area contributed by atoms with E-state index in [2.05, 4.69) is 26.2 Å². The Morgan fingerprint density at radius 1 is 1.27 bits per heavy atom. The normalized spacial score (nSPS) is 11.4. The van der Waals surface area contributed by atoms with Crippen molar-refractivity contribution < 1.29 is 4.92 Å². The van der Waals surface area contributed by atoms with Crippen molar-refractivity contribution in [1.29, 1.82) is 5.26 Å². The zero-order chi connectivity index (χ0) is 21.3. The first-order valence-electron chi connectivity index (χ1n) is 8.87. The number of rotatable bonds is 4. The van der Waals surface area contributed by atoms with Crippen LogP contribution in [0.15, 0.2) is 53.5 Å². The Morgan fingerprint density at radius 3 is 2.87 bits per heavy atom. The van der Waals surface area contributed by atoms with Gasteiger partial charge in [0.15, 0.2) is 5.82 Å². The van der Waals surface area contributed by atoms with E-state index in [0.717, 1.165) is 5.56 Å². The van der Waals surface area contributed by atoms with Crippen LogP contribution in [-0.2, 0) is 0 Å². The lowest BCUT2D eigenvalue weighted by Crippen LogP contribution is -2.11. The second kappa shape index (κ2) is 7.44. The molecule has 0 amide bonds. The van der Waals surface area contributed by atoms with Crippen molar-refractivity contribution in [2.75, 3.05) is 0 Å². The van der Waals surface area contributed by atoms with Gasteiger partial charge in [0.25, 0.3) is 11.2 Å². The number of aromatic nitrogens is 4. The topological polar surface area (TPSA) is 141 Å². The predicted molar refractivity (Wildman–Crippen MR) is 111 cm³/mol. The zero-order valence-corrected chi connectivity index (χ0v) is 15.7. The standard InChI is InChI=1S/C21H14N6O3/c1-12-5-6-17-18(7-12)24-20(25-21(17)28)14(10-22)8-15-11-23-26-19(15)13-3-2-4-16(9-13)27(29)30/h2-9,11H,1H3,(H,23,26)(H,24,25,28)/b14-8-. The molecule has 0 bridgehead atoms. The summed E-state index contributed by atoms with van der Waals surface area (Å²) in [6, 6.07) is 13.4. The number of nitro benzene ring substituents is 1. The van der Waals surface area contributed by atoms with E-state index < -0.39 is 4.92 Å².